The lowest BCUT2D eigenvalue weighted by Crippen LogP contribution is -2.13. The van der Waals surface area contributed by atoms with Gasteiger partial charge in [-0.2, -0.15) is 0 Å². The maximum Gasteiger partial charge on any atom is 0.275 e. The molecule has 0 saturated carbocycles. The van der Waals surface area contributed by atoms with Gasteiger partial charge in [-0.1, -0.05) is 30.3 Å². The number of aromatic nitrogens is 3. The molecule has 0 amide bonds. The first-order valence-electron chi connectivity index (χ1n) is 8.89. The number of nitrogens with two attached hydrogens (primary N) is 1. The topological polar surface area (TPSA) is 76.7 Å². The summed E-state index contributed by atoms with van der Waals surface area (Å²) in [4.78, 5) is 20.6. The number of para-hydroxylation sites is 2. The van der Waals surface area contributed by atoms with E-state index in [2.05, 4.69) is 21.7 Å². The van der Waals surface area contributed by atoms with Gasteiger partial charge >= 0.3 is 0 Å². The Morgan fingerprint density at radius 2 is 1.92 bits per heavy atom. The predicted octanol–water partition coefficient (Wildman–Crippen LogP) is 3.51. The van der Waals surface area contributed by atoms with Gasteiger partial charge in [0.15, 0.2) is 0 Å². The molecule has 2 aromatic carbocycles. The van der Waals surface area contributed by atoms with Crippen LogP contribution < -0.4 is 11.3 Å². The molecule has 0 aliphatic rings. The minimum Gasteiger partial charge on any atom is -0.344 e. The Morgan fingerprint density at radius 1 is 1.12 bits per heavy atom. The molecule has 4 aromatic rings. The standard InChI is InChI=1S/C21H22N4O/c1-13-7-5-9-16-19(13)24-21(26)20(23-16)18-14(2)25(12-6-11-22)17-10-4-3-8-15(17)18/h3-5,7-10H,6,11-12,22H2,1-2H3,(H,24,26). The first kappa shape index (κ1) is 16.5. The number of nitrogens with zero attached hydrogens (tertiary/aromatic N) is 2. The quantitative estimate of drug-likeness (QED) is 0.594. The van der Waals surface area contributed by atoms with E-state index in [9.17, 15) is 4.79 Å². The number of H-pyrrole nitrogens is 1. The Balaban J connectivity index is 2.03. The molecule has 0 saturated heterocycles. The van der Waals surface area contributed by atoms with E-state index in [0.717, 1.165) is 51.7 Å². The van der Waals surface area contributed by atoms with Gasteiger partial charge < -0.3 is 15.3 Å². The van der Waals surface area contributed by atoms with E-state index >= 15 is 0 Å². The van der Waals surface area contributed by atoms with Gasteiger partial charge in [0.2, 0.25) is 0 Å². The highest BCUT2D eigenvalue weighted by Gasteiger charge is 2.19. The van der Waals surface area contributed by atoms with Gasteiger partial charge in [-0.05, 0) is 44.5 Å². The van der Waals surface area contributed by atoms with Crippen LogP contribution in [0.15, 0.2) is 47.3 Å². The second-order valence-corrected chi connectivity index (χ2v) is 6.65. The zero-order valence-corrected chi connectivity index (χ0v) is 15.0. The van der Waals surface area contributed by atoms with Crippen LogP contribution in [0.5, 0.6) is 0 Å². The van der Waals surface area contributed by atoms with Gasteiger partial charge in [-0.25, -0.2) is 4.98 Å². The molecule has 0 radical (unpaired) electrons. The molecule has 0 aliphatic heterocycles. The maximum atomic E-state index is 12.9. The van der Waals surface area contributed by atoms with E-state index in [1.165, 1.54) is 0 Å². The van der Waals surface area contributed by atoms with E-state index in [0.29, 0.717) is 12.2 Å². The zero-order valence-electron chi connectivity index (χ0n) is 15.0. The van der Waals surface area contributed by atoms with Crippen LogP contribution in [0.4, 0.5) is 0 Å². The second-order valence-electron chi connectivity index (χ2n) is 6.65. The number of hydrogen-bond donors (Lipinski definition) is 2. The van der Waals surface area contributed by atoms with Gasteiger partial charge in [-0.15, -0.1) is 0 Å². The molecule has 0 fully saturated rings. The number of rotatable bonds is 4. The summed E-state index contributed by atoms with van der Waals surface area (Å²) in [6.45, 7) is 5.49. The van der Waals surface area contributed by atoms with Crippen LogP contribution in [-0.4, -0.2) is 21.1 Å². The number of aromatic amines is 1. The SMILES string of the molecule is Cc1cccc2nc(-c3c(C)n(CCCN)c4ccccc34)c(=O)[nH]c12. The summed E-state index contributed by atoms with van der Waals surface area (Å²) in [6.07, 6.45) is 0.889. The molecule has 5 nitrogen and oxygen atoms in total. The summed E-state index contributed by atoms with van der Waals surface area (Å²) in [7, 11) is 0. The van der Waals surface area contributed by atoms with Crippen molar-refractivity contribution >= 4 is 21.9 Å². The summed E-state index contributed by atoms with van der Waals surface area (Å²) in [5, 5.41) is 1.05. The van der Waals surface area contributed by atoms with Crippen LogP contribution in [0.25, 0.3) is 33.2 Å². The molecule has 2 aromatic heterocycles. The van der Waals surface area contributed by atoms with Crippen molar-refractivity contribution in [3.8, 4) is 11.3 Å². The fraction of sp³-hybridized carbons (Fsp3) is 0.238. The predicted molar refractivity (Wildman–Crippen MR) is 106 cm³/mol. The van der Waals surface area contributed by atoms with Crippen molar-refractivity contribution in [2.75, 3.05) is 6.54 Å². The summed E-state index contributed by atoms with van der Waals surface area (Å²) in [6, 6.07) is 14.0. The van der Waals surface area contributed by atoms with Crippen molar-refractivity contribution in [3.63, 3.8) is 0 Å². The number of aryl methyl sites for hydroxylation is 2. The monoisotopic (exact) mass is 346 g/mol. The van der Waals surface area contributed by atoms with Crippen molar-refractivity contribution in [1.82, 2.24) is 14.5 Å². The number of nitrogens with one attached hydrogen (secondary N) is 1. The zero-order chi connectivity index (χ0) is 18.3. The van der Waals surface area contributed by atoms with Gasteiger partial charge in [0, 0.05) is 28.7 Å². The van der Waals surface area contributed by atoms with E-state index in [1.54, 1.807) is 0 Å². The molecule has 26 heavy (non-hydrogen) atoms. The number of benzene rings is 2. The minimum absolute atomic E-state index is 0.156. The van der Waals surface area contributed by atoms with Crippen LogP contribution >= 0.6 is 0 Å². The minimum atomic E-state index is -0.156. The van der Waals surface area contributed by atoms with E-state index < -0.39 is 0 Å². The van der Waals surface area contributed by atoms with Gasteiger partial charge in [0.05, 0.1) is 11.0 Å². The first-order chi connectivity index (χ1) is 12.6. The molecule has 0 bridgehead atoms. The average Bonchev–Trinajstić information content (AvgIpc) is 2.92. The van der Waals surface area contributed by atoms with Gasteiger partial charge in [0.1, 0.15) is 5.69 Å². The fourth-order valence-electron chi connectivity index (χ4n) is 3.69. The largest absolute Gasteiger partial charge is 0.344 e. The Morgan fingerprint density at radius 3 is 2.73 bits per heavy atom. The average molecular weight is 346 g/mol. The molecule has 0 spiro atoms. The lowest BCUT2D eigenvalue weighted by atomic mass is 10.1. The van der Waals surface area contributed by atoms with Crippen LogP contribution in [-0.2, 0) is 6.54 Å². The molecular formula is C21H22N4O. The second kappa shape index (κ2) is 6.42. The third-order valence-corrected chi connectivity index (χ3v) is 4.99. The molecule has 3 N–H and O–H groups in total. The van der Waals surface area contributed by atoms with E-state index in [-0.39, 0.29) is 5.56 Å². The molecular weight excluding hydrogens is 324 g/mol. The number of fused-ring (bicyclic) bond motifs is 2. The Kier molecular flexibility index (Phi) is 4.09. The fourth-order valence-corrected chi connectivity index (χ4v) is 3.69. The smallest absolute Gasteiger partial charge is 0.275 e. The van der Waals surface area contributed by atoms with Crippen molar-refractivity contribution in [2.24, 2.45) is 5.73 Å². The molecule has 0 aliphatic carbocycles. The molecule has 0 atom stereocenters. The molecule has 0 unspecified atom stereocenters. The highest BCUT2D eigenvalue weighted by atomic mass is 16.1. The highest BCUT2D eigenvalue weighted by Crippen LogP contribution is 2.32. The van der Waals surface area contributed by atoms with Gasteiger partial charge in [-0.3, -0.25) is 4.79 Å². The number of hydrogen-bond acceptors (Lipinski definition) is 3. The van der Waals surface area contributed by atoms with E-state index in [1.807, 2.05) is 44.2 Å². The first-order valence-corrected chi connectivity index (χ1v) is 8.89. The van der Waals surface area contributed by atoms with Crippen LogP contribution in [0.1, 0.15) is 17.7 Å². The van der Waals surface area contributed by atoms with Crippen molar-refractivity contribution in [1.29, 1.82) is 0 Å². The summed E-state index contributed by atoms with van der Waals surface area (Å²) < 4.78 is 2.24. The van der Waals surface area contributed by atoms with Gasteiger partial charge in [0.25, 0.3) is 5.56 Å². The lowest BCUT2D eigenvalue weighted by Gasteiger charge is -2.08. The van der Waals surface area contributed by atoms with Crippen LogP contribution in [0.2, 0.25) is 0 Å². The van der Waals surface area contributed by atoms with Crippen molar-refractivity contribution < 1.29 is 0 Å². The van der Waals surface area contributed by atoms with Crippen molar-refractivity contribution in [3.05, 3.63) is 64.1 Å². The highest BCUT2D eigenvalue weighted by molar-refractivity contribution is 5.97. The summed E-state index contributed by atoms with van der Waals surface area (Å²) in [5.41, 5.74) is 11.7. The Bertz CT molecular complexity index is 1170. The Hall–Kier alpha value is -2.92. The normalized spacial score (nSPS) is 11.5. The molecule has 5 heteroatoms. The van der Waals surface area contributed by atoms with Crippen LogP contribution in [0.3, 0.4) is 0 Å². The summed E-state index contributed by atoms with van der Waals surface area (Å²) in [5.74, 6) is 0. The lowest BCUT2D eigenvalue weighted by molar-refractivity contribution is 0.657. The summed E-state index contributed by atoms with van der Waals surface area (Å²) >= 11 is 0. The third kappa shape index (κ3) is 2.52. The van der Waals surface area contributed by atoms with Crippen LogP contribution in [0, 0.1) is 13.8 Å². The maximum absolute atomic E-state index is 12.9. The third-order valence-electron chi connectivity index (χ3n) is 4.99. The molecule has 4 rings (SSSR count). The van der Waals surface area contributed by atoms with Crippen molar-refractivity contribution in [2.45, 2.75) is 26.8 Å². The molecule has 132 valence electrons. The molecule has 2 heterocycles. The Labute approximate surface area is 151 Å². The van der Waals surface area contributed by atoms with E-state index in [4.69, 9.17) is 10.7 Å².